The van der Waals surface area contributed by atoms with E-state index in [-0.39, 0.29) is 29.5 Å². The van der Waals surface area contributed by atoms with Crippen LogP contribution in [0, 0.1) is 11.3 Å². The van der Waals surface area contributed by atoms with Crippen molar-refractivity contribution in [3.8, 4) is 5.75 Å². The van der Waals surface area contributed by atoms with Gasteiger partial charge in [0.05, 0.1) is 11.0 Å². The van der Waals surface area contributed by atoms with Crippen LogP contribution >= 0.6 is 0 Å². The number of nitrogens with one attached hydrogen (secondary N) is 1. The number of carbonyl (C=O) groups excluding carboxylic acids is 1. The first-order valence-corrected chi connectivity index (χ1v) is 11.8. The van der Waals surface area contributed by atoms with Crippen LogP contribution in [0.15, 0.2) is 42.5 Å². The van der Waals surface area contributed by atoms with Crippen molar-refractivity contribution >= 4 is 28.6 Å². The summed E-state index contributed by atoms with van der Waals surface area (Å²) in [6.07, 6.45) is -0.797. The Labute approximate surface area is 202 Å². The molecule has 1 amide bonds. The second-order valence-electron chi connectivity index (χ2n) is 10.4. The summed E-state index contributed by atoms with van der Waals surface area (Å²) in [5.74, 6) is 0.544. The number of imidazole rings is 1. The van der Waals surface area contributed by atoms with Crippen molar-refractivity contribution in [2.45, 2.75) is 65.3 Å². The van der Waals surface area contributed by atoms with Crippen LogP contribution < -0.4 is 15.8 Å². The Morgan fingerprint density at radius 1 is 1.20 bits per heavy atom. The fourth-order valence-electron chi connectivity index (χ4n) is 5.39. The summed E-state index contributed by atoms with van der Waals surface area (Å²) in [6.45, 7) is 6.83. The fourth-order valence-corrected chi connectivity index (χ4v) is 5.39. The summed E-state index contributed by atoms with van der Waals surface area (Å²) in [7, 11) is 0. The van der Waals surface area contributed by atoms with Gasteiger partial charge in [0.25, 0.3) is 0 Å². The number of nitrogens with two attached hydrogens (primary N) is 1. The predicted octanol–water partition coefficient (Wildman–Crippen LogP) is 6.48. The first kappa shape index (κ1) is 24.9. The van der Waals surface area contributed by atoms with Crippen LogP contribution in [-0.4, -0.2) is 21.8 Å². The number of primary amides is 1. The van der Waals surface area contributed by atoms with Crippen molar-refractivity contribution in [2.24, 2.45) is 17.1 Å². The number of aryl methyl sites for hydroxylation is 1. The molecule has 1 aliphatic rings. The van der Waals surface area contributed by atoms with Crippen LogP contribution in [-0.2, 0) is 11.2 Å². The van der Waals surface area contributed by atoms with Gasteiger partial charge in [-0.05, 0) is 79.0 Å². The number of alkyl halides is 3. The maximum atomic E-state index is 12.5. The molecule has 4 rings (SSSR count). The van der Waals surface area contributed by atoms with Crippen molar-refractivity contribution in [3.05, 3.63) is 48.0 Å². The highest BCUT2D eigenvalue weighted by Crippen LogP contribution is 2.46. The third kappa shape index (κ3) is 6.26. The Bertz CT molecular complexity index is 1200. The Kier molecular flexibility index (Phi) is 6.71. The highest BCUT2D eigenvalue weighted by atomic mass is 19.4. The number of benzene rings is 2. The Hall–Kier alpha value is -3.23. The summed E-state index contributed by atoms with van der Waals surface area (Å²) >= 11 is 0. The predicted molar refractivity (Wildman–Crippen MR) is 129 cm³/mol. The van der Waals surface area contributed by atoms with E-state index in [0.29, 0.717) is 24.0 Å². The third-order valence-corrected chi connectivity index (χ3v) is 6.49. The number of fused-ring (bicyclic) bond motifs is 1. The van der Waals surface area contributed by atoms with E-state index >= 15 is 0 Å². The van der Waals surface area contributed by atoms with Crippen molar-refractivity contribution in [3.63, 3.8) is 0 Å². The number of aromatic nitrogens is 2. The van der Waals surface area contributed by atoms with E-state index < -0.39 is 6.36 Å². The molecule has 188 valence electrons. The minimum atomic E-state index is -4.74. The number of halogens is 3. The zero-order chi connectivity index (χ0) is 25.4. The third-order valence-electron chi connectivity index (χ3n) is 6.49. The van der Waals surface area contributed by atoms with Crippen molar-refractivity contribution in [1.82, 2.24) is 9.55 Å². The van der Waals surface area contributed by atoms with Crippen molar-refractivity contribution in [1.29, 1.82) is 0 Å². The molecule has 35 heavy (non-hydrogen) atoms. The average Bonchev–Trinajstić information content (AvgIpc) is 3.08. The lowest BCUT2D eigenvalue weighted by Gasteiger charge is -2.40. The lowest BCUT2D eigenvalue weighted by molar-refractivity contribution is -0.274. The summed E-state index contributed by atoms with van der Waals surface area (Å²) in [4.78, 5) is 16.1. The molecule has 2 aromatic carbocycles. The normalized spacial score (nSPS) is 20.1. The highest BCUT2D eigenvalue weighted by molar-refractivity contribution is 5.81. The van der Waals surface area contributed by atoms with Crippen molar-refractivity contribution < 1.29 is 22.7 Å². The van der Waals surface area contributed by atoms with Crippen LogP contribution in [0.2, 0.25) is 0 Å². The largest absolute Gasteiger partial charge is 0.573 e. The van der Waals surface area contributed by atoms with Crippen LogP contribution in [0.3, 0.4) is 0 Å². The molecule has 0 spiro atoms. The van der Waals surface area contributed by atoms with E-state index in [9.17, 15) is 18.0 Å². The number of rotatable bonds is 7. The topological polar surface area (TPSA) is 82.2 Å². The van der Waals surface area contributed by atoms with Crippen LogP contribution in [0.25, 0.3) is 11.0 Å². The second-order valence-corrected chi connectivity index (χ2v) is 10.4. The molecule has 0 unspecified atom stereocenters. The standard InChI is InChI=1S/C26H31F3N4O2/c1-16-12-19(15-25(2,3)14-16)33-22-10-4-17(5-11-23(30)34)13-21(22)32-24(33)31-18-6-8-20(9-7-18)35-26(27,28)29/h4,6-10,13,16,19H,5,11-12,14-15H2,1-3H3,(H2,30,34)(H,31,32)/t16-,19-/m1/s1. The van der Waals surface area contributed by atoms with Gasteiger partial charge in [-0.1, -0.05) is 26.8 Å². The zero-order valence-electron chi connectivity index (χ0n) is 20.2. The van der Waals surface area contributed by atoms with E-state index in [1.807, 2.05) is 18.2 Å². The minimum Gasteiger partial charge on any atom is -0.406 e. The zero-order valence-corrected chi connectivity index (χ0v) is 20.2. The number of carbonyl (C=O) groups is 1. The molecule has 3 N–H and O–H groups in total. The van der Waals surface area contributed by atoms with Gasteiger partial charge >= 0.3 is 6.36 Å². The molecule has 0 bridgehead atoms. The van der Waals surface area contributed by atoms with Crippen LogP contribution in [0.1, 0.15) is 58.1 Å². The lowest BCUT2D eigenvalue weighted by atomic mass is 9.70. The molecule has 0 radical (unpaired) electrons. The molecular formula is C26H31F3N4O2. The van der Waals surface area contributed by atoms with E-state index in [2.05, 4.69) is 35.4 Å². The van der Waals surface area contributed by atoms with Gasteiger partial charge in [0.1, 0.15) is 5.75 Å². The number of hydrogen-bond acceptors (Lipinski definition) is 4. The summed E-state index contributed by atoms with van der Waals surface area (Å²) in [5.41, 5.74) is 8.83. The number of hydrogen-bond donors (Lipinski definition) is 2. The van der Waals surface area contributed by atoms with E-state index in [1.165, 1.54) is 24.3 Å². The Morgan fingerprint density at radius 3 is 2.54 bits per heavy atom. The summed E-state index contributed by atoms with van der Waals surface area (Å²) < 4.78 is 43.7. The van der Waals surface area contributed by atoms with Crippen molar-refractivity contribution in [2.75, 3.05) is 5.32 Å². The number of amides is 1. The van der Waals surface area contributed by atoms with E-state index in [0.717, 1.165) is 35.9 Å². The van der Waals surface area contributed by atoms with Gasteiger partial charge in [-0.2, -0.15) is 0 Å². The van der Waals surface area contributed by atoms with Gasteiger partial charge in [0.2, 0.25) is 11.9 Å². The quantitative estimate of drug-likeness (QED) is 0.399. The van der Waals surface area contributed by atoms with Crippen LogP contribution in [0.5, 0.6) is 5.75 Å². The summed E-state index contributed by atoms with van der Waals surface area (Å²) in [6, 6.07) is 11.8. The maximum absolute atomic E-state index is 12.5. The van der Waals surface area contributed by atoms with Gasteiger partial charge in [0.15, 0.2) is 0 Å². The molecular weight excluding hydrogens is 457 g/mol. The van der Waals surface area contributed by atoms with Gasteiger partial charge in [0, 0.05) is 18.2 Å². The molecule has 9 heteroatoms. The Balaban J connectivity index is 1.70. The lowest BCUT2D eigenvalue weighted by Crippen LogP contribution is -2.29. The van der Waals surface area contributed by atoms with Gasteiger partial charge in [-0.25, -0.2) is 4.98 Å². The molecule has 1 saturated carbocycles. The molecule has 0 aliphatic heterocycles. The highest BCUT2D eigenvalue weighted by Gasteiger charge is 2.35. The molecule has 1 fully saturated rings. The number of anilines is 2. The fraction of sp³-hybridized carbons (Fsp3) is 0.462. The SMILES string of the molecule is C[C@@H]1C[C@@H](n2c(Nc3ccc(OC(F)(F)F)cc3)nc3cc(CCC(N)=O)ccc32)CC(C)(C)C1. The molecule has 1 heterocycles. The first-order chi connectivity index (χ1) is 16.4. The van der Waals surface area contributed by atoms with Gasteiger partial charge in [-0.15, -0.1) is 13.2 Å². The maximum Gasteiger partial charge on any atom is 0.573 e. The monoisotopic (exact) mass is 488 g/mol. The van der Waals surface area contributed by atoms with E-state index in [4.69, 9.17) is 10.7 Å². The number of ether oxygens (including phenoxy) is 1. The van der Waals surface area contributed by atoms with Gasteiger partial charge in [-0.3, -0.25) is 4.79 Å². The molecule has 2 atom stereocenters. The first-order valence-electron chi connectivity index (χ1n) is 11.8. The molecule has 1 aromatic heterocycles. The molecule has 1 aliphatic carbocycles. The van der Waals surface area contributed by atoms with Crippen LogP contribution in [0.4, 0.5) is 24.8 Å². The summed E-state index contributed by atoms with van der Waals surface area (Å²) in [5, 5.41) is 3.30. The molecule has 6 nitrogen and oxygen atoms in total. The second kappa shape index (κ2) is 9.43. The Morgan fingerprint density at radius 2 is 1.91 bits per heavy atom. The average molecular weight is 489 g/mol. The minimum absolute atomic E-state index is 0.175. The molecule has 0 saturated heterocycles. The van der Waals surface area contributed by atoms with E-state index in [1.54, 1.807) is 0 Å². The molecule has 3 aromatic rings. The smallest absolute Gasteiger partial charge is 0.406 e. The van der Waals surface area contributed by atoms with Gasteiger partial charge < -0.3 is 20.4 Å². The number of nitrogens with zero attached hydrogens (tertiary/aromatic N) is 2.